The molecule has 1 N–H and O–H groups in total. The average Bonchev–Trinajstić information content (AvgIpc) is 2.62. The van der Waals surface area contributed by atoms with Crippen LogP contribution in [0.25, 0.3) is 0 Å². The molecule has 5 nitrogen and oxygen atoms in total. The zero-order valence-corrected chi connectivity index (χ0v) is 13.9. The van der Waals surface area contributed by atoms with Crippen LogP contribution in [-0.4, -0.2) is 67.8 Å². The number of carbonyl (C=O) groups is 1. The van der Waals surface area contributed by atoms with Crippen LogP contribution in [0.4, 0.5) is 4.79 Å². The Morgan fingerprint density at radius 3 is 2.48 bits per heavy atom. The van der Waals surface area contributed by atoms with Crippen LogP contribution in [0.5, 0.6) is 0 Å². The van der Waals surface area contributed by atoms with Crippen molar-refractivity contribution in [3.63, 3.8) is 0 Å². The molecule has 1 aromatic carbocycles. The molecule has 3 aliphatic rings. The number of amides is 1. The maximum absolute atomic E-state index is 11.7. The Kier molecular flexibility index (Phi) is 5.51. The number of nitrogens with one attached hydrogen (secondary N) is 1. The molecular formula is C18H28N3O2+. The number of quaternary nitrogens is 1. The lowest BCUT2D eigenvalue weighted by atomic mass is 10.1. The molecule has 126 valence electrons. The van der Waals surface area contributed by atoms with Crippen molar-refractivity contribution >= 4 is 6.09 Å². The second kappa shape index (κ2) is 7.79. The van der Waals surface area contributed by atoms with E-state index in [2.05, 4.69) is 10.2 Å². The molecule has 1 amide bonds. The average molecular weight is 318 g/mol. The molecule has 0 spiro atoms. The summed E-state index contributed by atoms with van der Waals surface area (Å²) in [5, 5.41) is 2.85. The van der Waals surface area contributed by atoms with Gasteiger partial charge in [-0.3, -0.25) is 4.90 Å². The van der Waals surface area contributed by atoms with E-state index in [1.54, 1.807) is 0 Å². The topological polar surface area (TPSA) is 41.6 Å². The Morgan fingerprint density at radius 1 is 1.09 bits per heavy atom. The Labute approximate surface area is 138 Å². The van der Waals surface area contributed by atoms with E-state index >= 15 is 0 Å². The number of benzene rings is 1. The second-order valence-corrected chi connectivity index (χ2v) is 6.77. The van der Waals surface area contributed by atoms with Gasteiger partial charge in [0.15, 0.2) is 0 Å². The third-order valence-electron chi connectivity index (χ3n) is 5.21. The van der Waals surface area contributed by atoms with Crippen LogP contribution in [0.15, 0.2) is 30.3 Å². The minimum Gasteiger partial charge on any atom is -0.445 e. The molecule has 0 atom stereocenters. The highest BCUT2D eigenvalue weighted by molar-refractivity contribution is 5.67. The van der Waals surface area contributed by atoms with Crippen LogP contribution < -0.4 is 5.32 Å². The maximum atomic E-state index is 11.7. The summed E-state index contributed by atoms with van der Waals surface area (Å²) in [6.07, 6.45) is 1.90. The number of rotatable bonds is 7. The van der Waals surface area contributed by atoms with Crippen molar-refractivity contribution < 1.29 is 14.0 Å². The smallest absolute Gasteiger partial charge is 0.407 e. The molecule has 2 bridgehead atoms. The predicted molar refractivity (Wildman–Crippen MR) is 90.0 cm³/mol. The van der Waals surface area contributed by atoms with Crippen molar-refractivity contribution in [2.75, 3.05) is 52.4 Å². The number of nitrogens with zero attached hydrogens (tertiary/aromatic N) is 2. The molecule has 5 heteroatoms. The van der Waals surface area contributed by atoms with E-state index in [-0.39, 0.29) is 6.09 Å². The van der Waals surface area contributed by atoms with Gasteiger partial charge in [-0.15, -0.1) is 0 Å². The standard InChI is InChI=1S/C18H27N3O2/c22-18(23-16-17-6-2-1-3-7-17)19-8-4-5-12-21-13-9-20(10-14-21)11-15-21/h1-3,6-7H,4-5,8-16H2/p+1. The van der Waals surface area contributed by atoms with E-state index < -0.39 is 0 Å². The molecule has 1 aromatic rings. The lowest BCUT2D eigenvalue weighted by Crippen LogP contribution is -2.67. The number of alkyl carbamates (subject to hydrolysis) is 1. The van der Waals surface area contributed by atoms with E-state index in [1.165, 1.54) is 56.7 Å². The number of unbranched alkanes of at least 4 members (excludes halogenated alkanes) is 1. The third-order valence-corrected chi connectivity index (χ3v) is 5.21. The van der Waals surface area contributed by atoms with E-state index in [4.69, 9.17) is 4.74 Å². The Bertz CT molecular complexity index is 484. The highest BCUT2D eigenvalue weighted by atomic mass is 16.5. The normalized spacial score (nSPS) is 26.0. The number of hydrogen-bond donors (Lipinski definition) is 1. The van der Waals surface area contributed by atoms with Gasteiger partial charge in [-0.25, -0.2) is 4.79 Å². The summed E-state index contributed by atoms with van der Waals surface area (Å²) < 4.78 is 6.51. The molecule has 0 aliphatic carbocycles. The fraction of sp³-hybridized carbons (Fsp3) is 0.611. The summed E-state index contributed by atoms with van der Waals surface area (Å²) in [5.74, 6) is 0. The summed E-state index contributed by atoms with van der Waals surface area (Å²) in [7, 11) is 0. The Morgan fingerprint density at radius 2 is 1.78 bits per heavy atom. The molecule has 4 rings (SSSR count). The van der Waals surface area contributed by atoms with Crippen molar-refractivity contribution in [1.82, 2.24) is 10.2 Å². The van der Waals surface area contributed by atoms with Gasteiger partial charge in [0.1, 0.15) is 6.61 Å². The molecule has 3 fully saturated rings. The van der Waals surface area contributed by atoms with Gasteiger partial charge in [-0.2, -0.15) is 0 Å². The highest BCUT2D eigenvalue weighted by Gasteiger charge is 2.37. The lowest BCUT2D eigenvalue weighted by molar-refractivity contribution is -0.941. The molecule has 0 radical (unpaired) electrons. The van der Waals surface area contributed by atoms with Crippen LogP contribution in [0.1, 0.15) is 18.4 Å². The molecule has 3 aliphatic heterocycles. The largest absolute Gasteiger partial charge is 0.445 e. The summed E-state index contributed by atoms with van der Waals surface area (Å²) in [6, 6.07) is 9.77. The van der Waals surface area contributed by atoms with Gasteiger partial charge in [0.25, 0.3) is 0 Å². The number of hydrogen-bond acceptors (Lipinski definition) is 3. The first kappa shape index (κ1) is 16.3. The van der Waals surface area contributed by atoms with Crippen LogP contribution >= 0.6 is 0 Å². The highest BCUT2D eigenvalue weighted by Crippen LogP contribution is 2.20. The number of carbonyl (C=O) groups excluding carboxylic acids is 1. The lowest BCUT2D eigenvalue weighted by Gasteiger charge is -2.50. The van der Waals surface area contributed by atoms with Gasteiger partial charge < -0.3 is 14.5 Å². The Balaban J connectivity index is 1.26. The molecule has 3 heterocycles. The van der Waals surface area contributed by atoms with Crippen LogP contribution in [0, 0.1) is 0 Å². The fourth-order valence-electron chi connectivity index (χ4n) is 3.60. The van der Waals surface area contributed by atoms with Gasteiger partial charge in [0.05, 0.1) is 26.2 Å². The Hall–Kier alpha value is -1.59. The first-order valence-corrected chi connectivity index (χ1v) is 8.78. The summed E-state index contributed by atoms with van der Waals surface area (Å²) >= 11 is 0. The predicted octanol–water partition coefficient (Wildman–Crippen LogP) is 1.84. The van der Waals surface area contributed by atoms with Crippen LogP contribution in [-0.2, 0) is 11.3 Å². The van der Waals surface area contributed by atoms with E-state index in [0.717, 1.165) is 12.0 Å². The third kappa shape index (κ3) is 4.69. The van der Waals surface area contributed by atoms with Gasteiger partial charge >= 0.3 is 6.09 Å². The minimum atomic E-state index is -0.313. The second-order valence-electron chi connectivity index (χ2n) is 6.77. The molecule has 0 unspecified atom stereocenters. The van der Waals surface area contributed by atoms with Crippen molar-refractivity contribution in [3.8, 4) is 0 Å². The monoisotopic (exact) mass is 318 g/mol. The summed E-state index contributed by atoms with van der Waals surface area (Å²) in [6.45, 7) is 10.0. The maximum Gasteiger partial charge on any atom is 0.407 e. The van der Waals surface area contributed by atoms with Crippen molar-refractivity contribution in [2.45, 2.75) is 19.4 Å². The molecular weight excluding hydrogens is 290 g/mol. The summed E-state index contributed by atoms with van der Waals surface area (Å²) in [5.41, 5.74) is 1.02. The van der Waals surface area contributed by atoms with E-state index in [9.17, 15) is 4.79 Å². The van der Waals surface area contributed by atoms with Gasteiger partial charge in [0.2, 0.25) is 0 Å². The first-order valence-electron chi connectivity index (χ1n) is 8.78. The van der Waals surface area contributed by atoms with E-state index in [0.29, 0.717) is 13.2 Å². The van der Waals surface area contributed by atoms with Gasteiger partial charge in [-0.1, -0.05) is 30.3 Å². The van der Waals surface area contributed by atoms with E-state index in [1.807, 2.05) is 30.3 Å². The summed E-state index contributed by atoms with van der Waals surface area (Å²) in [4.78, 5) is 14.2. The number of ether oxygens (including phenoxy) is 1. The molecule has 0 saturated carbocycles. The van der Waals surface area contributed by atoms with Crippen molar-refractivity contribution in [3.05, 3.63) is 35.9 Å². The van der Waals surface area contributed by atoms with Crippen molar-refractivity contribution in [2.24, 2.45) is 0 Å². The number of piperazine rings is 3. The fourth-order valence-corrected chi connectivity index (χ4v) is 3.60. The number of fused-ring (bicyclic) bond motifs is 3. The van der Waals surface area contributed by atoms with Gasteiger partial charge in [0, 0.05) is 26.2 Å². The van der Waals surface area contributed by atoms with Crippen molar-refractivity contribution in [1.29, 1.82) is 0 Å². The van der Waals surface area contributed by atoms with Gasteiger partial charge in [-0.05, 0) is 18.4 Å². The molecule has 3 saturated heterocycles. The molecule has 23 heavy (non-hydrogen) atoms. The quantitative estimate of drug-likeness (QED) is 0.616. The van der Waals surface area contributed by atoms with Crippen LogP contribution in [0.2, 0.25) is 0 Å². The van der Waals surface area contributed by atoms with Crippen LogP contribution in [0.3, 0.4) is 0 Å². The first-order chi connectivity index (χ1) is 11.3. The molecule has 0 aromatic heterocycles. The SMILES string of the molecule is O=C(NCCCC[N+]12CCN(CC1)CC2)OCc1ccccc1. The minimum absolute atomic E-state index is 0.313. The zero-order chi connectivity index (χ0) is 16.0. The zero-order valence-electron chi connectivity index (χ0n) is 13.9.